The quantitative estimate of drug-likeness (QED) is 0.0638. The maximum atomic E-state index is 12.6. The Morgan fingerprint density at radius 3 is 1.97 bits per heavy atom. The van der Waals surface area contributed by atoms with Crippen molar-refractivity contribution in [1.29, 1.82) is 0 Å². The number of aliphatic hydroxyl groups excluding tert-OH is 1. The van der Waals surface area contributed by atoms with Crippen LogP contribution in [0.2, 0.25) is 0 Å². The van der Waals surface area contributed by atoms with Gasteiger partial charge < -0.3 is 49.1 Å². The lowest BCUT2D eigenvalue weighted by Gasteiger charge is -2.23. The zero-order chi connectivity index (χ0) is 24.8. The molecule has 0 aliphatic heterocycles. The van der Waals surface area contributed by atoms with Crippen LogP contribution in [-0.4, -0.2) is 83.1 Å². The van der Waals surface area contributed by atoms with Crippen molar-refractivity contribution in [3.05, 3.63) is 0 Å². The van der Waals surface area contributed by atoms with Crippen molar-refractivity contribution in [3.8, 4) is 0 Å². The topological polar surface area (TPSA) is 278 Å². The molecular formula is C17H32N8O7. The molecule has 15 heteroatoms. The third-order valence-electron chi connectivity index (χ3n) is 4.16. The summed E-state index contributed by atoms with van der Waals surface area (Å²) in [5, 5.41) is 24.9. The van der Waals surface area contributed by atoms with Crippen LogP contribution in [-0.2, 0) is 24.0 Å². The maximum Gasteiger partial charge on any atom is 0.325 e. The van der Waals surface area contributed by atoms with Crippen molar-refractivity contribution in [1.82, 2.24) is 16.0 Å². The summed E-state index contributed by atoms with van der Waals surface area (Å²) >= 11 is 0. The van der Waals surface area contributed by atoms with E-state index in [1.807, 2.05) is 0 Å². The predicted octanol–water partition coefficient (Wildman–Crippen LogP) is -4.82. The zero-order valence-electron chi connectivity index (χ0n) is 17.7. The number of guanidine groups is 1. The van der Waals surface area contributed by atoms with E-state index in [0.29, 0.717) is 6.42 Å². The van der Waals surface area contributed by atoms with E-state index in [4.69, 9.17) is 28.0 Å². The molecule has 0 saturated carbocycles. The van der Waals surface area contributed by atoms with Crippen LogP contribution in [0.3, 0.4) is 0 Å². The number of amides is 4. The number of carboxylic acids is 1. The molecule has 13 N–H and O–H groups in total. The molecule has 0 aromatic rings. The van der Waals surface area contributed by atoms with Gasteiger partial charge in [0, 0.05) is 13.0 Å². The first-order valence-electron chi connectivity index (χ1n) is 9.73. The summed E-state index contributed by atoms with van der Waals surface area (Å²) in [5.41, 5.74) is 21.3. The number of nitrogens with two attached hydrogens (primary N) is 4. The lowest BCUT2D eigenvalue weighted by Crippen LogP contribution is -2.57. The molecule has 0 heterocycles. The molecule has 32 heavy (non-hydrogen) atoms. The Morgan fingerprint density at radius 1 is 0.906 bits per heavy atom. The highest BCUT2D eigenvalue weighted by atomic mass is 16.4. The average Bonchev–Trinajstić information content (AvgIpc) is 2.71. The van der Waals surface area contributed by atoms with E-state index in [-0.39, 0.29) is 31.8 Å². The van der Waals surface area contributed by atoms with Crippen LogP contribution in [0.5, 0.6) is 0 Å². The lowest BCUT2D eigenvalue weighted by molar-refractivity contribution is -0.142. The molecule has 0 aromatic heterocycles. The van der Waals surface area contributed by atoms with Crippen molar-refractivity contribution >= 4 is 35.6 Å². The van der Waals surface area contributed by atoms with Crippen LogP contribution in [0, 0.1) is 0 Å². The molecule has 15 nitrogen and oxygen atoms in total. The van der Waals surface area contributed by atoms with Gasteiger partial charge in [0.05, 0.1) is 12.6 Å². The van der Waals surface area contributed by atoms with E-state index in [0.717, 1.165) is 0 Å². The second-order valence-electron chi connectivity index (χ2n) is 6.93. The molecule has 0 spiro atoms. The smallest absolute Gasteiger partial charge is 0.325 e. The highest BCUT2D eigenvalue weighted by Crippen LogP contribution is 2.02. The highest BCUT2D eigenvalue weighted by Gasteiger charge is 2.29. The second kappa shape index (κ2) is 14.5. The van der Waals surface area contributed by atoms with E-state index < -0.39 is 60.4 Å². The van der Waals surface area contributed by atoms with Crippen molar-refractivity contribution in [2.24, 2.45) is 27.9 Å². The third-order valence-corrected chi connectivity index (χ3v) is 4.16. The normalized spacial score (nSPS) is 14.2. The summed E-state index contributed by atoms with van der Waals surface area (Å²) in [6.07, 6.45) is 0.129. The van der Waals surface area contributed by atoms with Gasteiger partial charge in [-0.2, -0.15) is 0 Å². The number of hydrogen-bond donors (Lipinski definition) is 9. The summed E-state index contributed by atoms with van der Waals surface area (Å²) in [4.78, 5) is 62.7. The van der Waals surface area contributed by atoms with Crippen LogP contribution < -0.4 is 38.9 Å². The number of rotatable bonds is 15. The lowest BCUT2D eigenvalue weighted by atomic mass is 10.1. The van der Waals surface area contributed by atoms with Gasteiger partial charge in [0.25, 0.3) is 0 Å². The number of nitrogens with one attached hydrogen (secondary N) is 3. The van der Waals surface area contributed by atoms with Crippen LogP contribution in [0.25, 0.3) is 0 Å². The number of carbonyl (C=O) groups excluding carboxylic acids is 4. The van der Waals surface area contributed by atoms with E-state index in [1.165, 1.54) is 6.92 Å². The number of aliphatic imine (C=N–C) groups is 1. The van der Waals surface area contributed by atoms with Gasteiger partial charge in [-0.05, 0) is 26.2 Å². The Kier molecular flexibility index (Phi) is 13.0. The van der Waals surface area contributed by atoms with E-state index in [2.05, 4.69) is 20.9 Å². The Hall–Kier alpha value is -3.46. The first-order chi connectivity index (χ1) is 14.9. The number of primary amides is 1. The Bertz CT molecular complexity index is 711. The molecule has 0 fully saturated rings. The van der Waals surface area contributed by atoms with E-state index >= 15 is 0 Å². The zero-order valence-corrected chi connectivity index (χ0v) is 17.7. The second-order valence-corrected chi connectivity index (χ2v) is 6.93. The van der Waals surface area contributed by atoms with Crippen LogP contribution >= 0.6 is 0 Å². The largest absolute Gasteiger partial charge is 0.480 e. The van der Waals surface area contributed by atoms with Crippen molar-refractivity contribution in [3.63, 3.8) is 0 Å². The molecule has 0 bridgehead atoms. The van der Waals surface area contributed by atoms with Gasteiger partial charge in [-0.1, -0.05) is 0 Å². The van der Waals surface area contributed by atoms with Crippen LogP contribution in [0.4, 0.5) is 0 Å². The maximum absolute atomic E-state index is 12.6. The van der Waals surface area contributed by atoms with Gasteiger partial charge in [0.2, 0.25) is 23.6 Å². The van der Waals surface area contributed by atoms with Gasteiger partial charge in [-0.3, -0.25) is 29.0 Å². The molecule has 0 aliphatic carbocycles. The van der Waals surface area contributed by atoms with Crippen molar-refractivity contribution in [2.75, 3.05) is 13.2 Å². The number of hydrogen-bond acceptors (Lipinski definition) is 8. The summed E-state index contributed by atoms with van der Waals surface area (Å²) in [6, 6.07) is -5.07. The Morgan fingerprint density at radius 2 is 1.47 bits per heavy atom. The highest BCUT2D eigenvalue weighted by molar-refractivity contribution is 5.94. The standard InChI is InChI=1S/C17H32N8O7/c1-8(16(31)32)23-15(30)11(7-26)25-14(29)10(4-5-12(19)27)24-13(28)9(18)3-2-6-22-17(20)21/h8-11,26H,2-7,18H2,1H3,(H2,19,27)(H,23,30)(H,24,28)(H,25,29)(H,31,32)(H4,20,21,22). The van der Waals surface area contributed by atoms with Crippen molar-refractivity contribution in [2.45, 2.75) is 56.8 Å². The monoisotopic (exact) mass is 460 g/mol. The van der Waals surface area contributed by atoms with Crippen LogP contribution in [0.1, 0.15) is 32.6 Å². The van der Waals surface area contributed by atoms with E-state index in [1.54, 1.807) is 0 Å². The number of nitrogens with zero attached hydrogens (tertiary/aromatic N) is 1. The molecular weight excluding hydrogens is 428 g/mol. The summed E-state index contributed by atoms with van der Waals surface area (Å²) in [5.74, 6) is -4.71. The average molecular weight is 460 g/mol. The molecule has 0 radical (unpaired) electrons. The van der Waals surface area contributed by atoms with Gasteiger partial charge in [0.1, 0.15) is 18.1 Å². The van der Waals surface area contributed by atoms with E-state index in [9.17, 15) is 29.1 Å². The minimum Gasteiger partial charge on any atom is -0.480 e. The molecule has 4 amide bonds. The minimum absolute atomic E-state index is 0.105. The predicted molar refractivity (Wildman–Crippen MR) is 113 cm³/mol. The minimum atomic E-state index is -1.49. The first kappa shape index (κ1) is 28.5. The van der Waals surface area contributed by atoms with Gasteiger partial charge >= 0.3 is 5.97 Å². The number of aliphatic carboxylic acids is 1. The Labute approximate surface area is 184 Å². The molecule has 0 aliphatic rings. The van der Waals surface area contributed by atoms with Gasteiger partial charge in [-0.15, -0.1) is 0 Å². The van der Waals surface area contributed by atoms with Crippen molar-refractivity contribution < 1.29 is 34.2 Å². The first-order valence-corrected chi connectivity index (χ1v) is 9.73. The number of aliphatic hydroxyl groups is 1. The van der Waals surface area contributed by atoms with Crippen LogP contribution in [0.15, 0.2) is 4.99 Å². The van der Waals surface area contributed by atoms with Gasteiger partial charge in [-0.25, -0.2) is 0 Å². The fourth-order valence-electron chi connectivity index (χ4n) is 2.33. The molecule has 0 rings (SSSR count). The summed E-state index contributed by atoms with van der Waals surface area (Å²) in [7, 11) is 0. The third kappa shape index (κ3) is 11.7. The fourth-order valence-corrected chi connectivity index (χ4v) is 2.33. The summed E-state index contributed by atoms with van der Waals surface area (Å²) < 4.78 is 0. The molecule has 4 unspecified atom stereocenters. The molecule has 0 saturated heterocycles. The van der Waals surface area contributed by atoms with Gasteiger partial charge in [0.15, 0.2) is 5.96 Å². The molecule has 182 valence electrons. The molecule has 4 atom stereocenters. The number of carboxylic acid groups (broad SMARTS) is 1. The molecule has 0 aromatic carbocycles. The number of carbonyl (C=O) groups is 5. The summed E-state index contributed by atoms with van der Waals surface area (Å²) in [6.45, 7) is 0.600. The SMILES string of the molecule is CC(NC(=O)C(CO)NC(=O)C(CCC(N)=O)NC(=O)C(N)CCCN=C(N)N)C(=O)O. The fraction of sp³-hybridized carbons (Fsp3) is 0.647. The Balaban J connectivity index is 5.09.